The third-order valence-corrected chi connectivity index (χ3v) is 6.68. The molecule has 0 aromatic heterocycles. The summed E-state index contributed by atoms with van der Waals surface area (Å²) in [6.45, 7) is 1.82. The molecule has 0 saturated carbocycles. The Morgan fingerprint density at radius 2 is 1.67 bits per heavy atom. The van der Waals surface area contributed by atoms with Crippen molar-refractivity contribution in [1.29, 1.82) is 0 Å². The molecule has 0 N–H and O–H groups in total. The highest BCUT2D eigenvalue weighted by Crippen LogP contribution is 2.32. The quantitative estimate of drug-likeness (QED) is 0.774. The molecule has 0 bridgehead atoms. The summed E-state index contributed by atoms with van der Waals surface area (Å²) in [6, 6.07) is 13.7. The smallest absolute Gasteiger partial charge is 0.207 e. The first-order chi connectivity index (χ1) is 9.85. The number of nitrogens with zero attached hydrogens (tertiary/aromatic N) is 1. The first-order valence-electron chi connectivity index (χ1n) is 6.32. The summed E-state index contributed by atoms with van der Waals surface area (Å²) >= 11 is 9.45. The van der Waals surface area contributed by atoms with Crippen LogP contribution in [0.15, 0.2) is 57.9 Å². The van der Waals surface area contributed by atoms with Gasteiger partial charge in [0, 0.05) is 22.6 Å². The van der Waals surface area contributed by atoms with Crippen molar-refractivity contribution < 1.29 is 8.42 Å². The lowest BCUT2D eigenvalue weighted by atomic mass is 10.1. The maximum Gasteiger partial charge on any atom is 0.244 e. The molecule has 0 fully saturated rings. The van der Waals surface area contributed by atoms with E-state index in [0.717, 1.165) is 5.56 Å². The van der Waals surface area contributed by atoms with Crippen LogP contribution >= 0.6 is 27.5 Å². The molecular formula is C15H15BrClNO2S. The van der Waals surface area contributed by atoms with Gasteiger partial charge in [0.05, 0.1) is 4.90 Å². The van der Waals surface area contributed by atoms with Crippen LogP contribution in [0.5, 0.6) is 0 Å². The van der Waals surface area contributed by atoms with Crippen LogP contribution in [0.1, 0.15) is 18.5 Å². The molecule has 3 nitrogen and oxygen atoms in total. The molecule has 21 heavy (non-hydrogen) atoms. The van der Waals surface area contributed by atoms with Crippen molar-refractivity contribution in [3.8, 4) is 0 Å². The molecule has 1 unspecified atom stereocenters. The van der Waals surface area contributed by atoms with Gasteiger partial charge < -0.3 is 0 Å². The van der Waals surface area contributed by atoms with Gasteiger partial charge in [-0.05, 0) is 46.6 Å². The Morgan fingerprint density at radius 3 is 2.29 bits per heavy atom. The molecule has 0 radical (unpaired) electrons. The van der Waals surface area contributed by atoms with E-state index in [1.165, 1.54) is 4.31 Å². The van der Waals surface area contributed by atoms with Crippen LogP contribution in [0.2, 0.25) is 5.02 Å². The second-order valence-corrected chi connectivity index (χ2v) is 7.88. The predicted octanol–water partition coefficient (Wildman–Crippen LogP) is 4.48. The lowest BCUT2D eigenvalue weighted by molar-refractivity contribution is 0.398. The molecule has 0 aliphatic rings. The lowest BCUT2D eigenvalue weighted by Crippen LogP contribution is -2.30. The van der Waals surface area contributed by atoms with E-state index in [4.69, 9.17) is 11.6 Å². The fourth-order valence-corrected chi connectivity index (χ4v) is 4.62. The van der Waals surface area contributed by atoms with Crippen LogP contribution in [-0.2, 0) is 10.0 Å². The van der Waals surface area contributed by atoms with Gasteiger partial charge >= 0.3 is 0 Å². The van der Waals surface area contributed by atoms with Crippen molar-refractivity contribution in [2.45, 2.75) is 17.9 Å². The highest BCUT2D eigenvalue weighted by molar-refractivity contribution is 9.10. The number of hydrogen-bond donors (Lipinski definition) is 0. The number of hydrogen-bond acceptors (Lipinski definition) is 2. The minimum Gasteiger partial charge on any atom is -0.207 e. The minimum atomic E-state index is -3.61. The van der Waals surface area contributed by atoms with E-state index in [-0.39, 0.29) is 10.9 Å². The number of halogens is 2. The Morgan fingerprint density at radius 1 is 1.10 bits per heavy atom. The summed E-state index contributed by atoms with van der Waals surface area (Å²) in [6.07, 6.45) is 0. The van der Waals surface area contributed by atoms with Gasteiger partial charge in [-0.15, -0.1) is 0 Å². The topological polar surface area (TPSA) is 37.4 Å². The van der Waals surface area contributed by atoms with Crippen LogP contribution in [0, 0.1) is 0 Å². The molecule has 0 aliphatic carbocycles. The number of rotatable bonds is 4. The summed E-state index contributed by atoms with van der Waals surface area (Å²) in [4.78, 5) is 0.242. The van der Waals surface area contributed by atoms with Crippen LogP contribution in [-0.4, -0.2) is 19.8 Å². The fraction of sp³-hybridized carbons (Fsp3) is 0.200. The Bertz CT molecular complexity index is 749. The molecule has 6 heteroatoms. The molecule has 0 saturated heterocycles. The van der Waals surface area contributed by atoms with E-state index in [9.17, 15) is 8.42 Å². The zero-order valence-corrected chi connectivity index (χ0v) is 14.8. The van der Waals surface area contributed by atoms with Gasteiger partial charge in [0.1, 0.15) is 0 Å². The maximum atomic E-state index is 12.7. The van der Waals surface area contributed by atoms with Gasteiger partial charge in [0.25, 0.3) is 0 Å². The predicted molar refractivity (Wildman–Crippen MR) is 89.0 cm³/mol. The van der Waals surface area contributed by atoms with Gasteiger partial charge in [-0.1, -0.05) is 41.9 Å². The Kier molecular flexibility index (Phi) is 5.09. The van der Waals surface area contributed by atoms with Crippen LogP contribution in [0.4, 0.5) is 0 Å². The van der Waals surface area contributed by atoms with Gasteiger partial charge in [0.2, 0.25) is 10.0 Å². The zero-order chi connectivity index (χ0) is 15.6. The molecule has 2 aromatic carbocycles. The minimum absolute atomic E-state index is 0.242. The average Bonchev–Trinajstić information content (AvgIpc) is 2.46. The zero-order valence-electron chi connectivity index (χ0n) is 11.6. The van der Waals surface area contributed by atoms with Crippen molar-refractivity contribution in [3.63, 3.8) is 0 Å². The lowest BCUT2D eigenvalue weighted by Gasteiger charge is -2.25. The maximum absolute atomic E-state index is 12.7. The van der Waals surface area contributed by atoms with Crippen molar-refractivity contribution in [3.05, 3.63) is 63.6 Å². The first kappa shape index (κ1) is 16.5. The summed E-state index contributed by atoms with van der Waals surface area (Å²) in [5.74, 6) is 0. The average molecular weight is 389 g/mol. The van der Waals surface area contributed by atoms with Crippen molar-refractivity contribution >= 4 is 37.6 Å². The molecule has 0 spiro atoms. The van der Waals surface area contributed by atoms with Crippen molar-refractivity contribution in [1.82, 2.24) is 4.31 Å². The molecule has 2 rings (SSSR count). The van der Waals surface area contributed by atoms with Gasteiger partial charge in [0.15, 0.2) is 0 Å². The fourth-order valence-electron chi connectivity index (χ4n) is 2.03. The van der Waals surface area contributed by atoms with Crippen molar-refractivity contribution in [2.75, 3.05) is 7.05 Å². The van der Waals surface area contributed by atoms with E-state index in [2.05, 4.69) is 15.9 Å². The highest BCUT2D eigenvalue weighted by atomic mass is 79.9. The van der Waals surface area contributed by atoms with Crippen LogP contribution in [0.25, 0.3) is 0 Å². The standard InChI is InChI=1S/C15H15BrClNO2S/c1-11(12-7-3-5-9-14(12)17)18(2)21(19,20)15-10-6-4-8-13(15)16/h3-11H,1-2H3. The molecule has 0 amide bonds. The SMILES string of the molecule is CC(c1ccccc1Cl)N(C)S(=O)(=O)c1ccccc1Br. The molecule has 112 valence electrons. The van der Waals surface area contributed by atoms with Crippen LogP contribution in [0.3, 0.4) is 0 Å². The summed E-state index contributed by atoms with van der Waals surface area (Å²) < 4.78 is 27.3. The summed E-state index contributed by atoms with van der Waals surface area (Å²) in [5, 5.41) is 0.555. The molecule has 2 aromatic rings. The second kappa shape index (κ2) is 6.48. The summed E-state index contributed by atoms with van der Waals surface area (Å²) in [5.41, 5.74) is 0.775. The van der Waals surface area contributed by atoms with Crippen molar-refractivity contribution in [2.24, 2.45) is 0 Å². The normalized spacial score (nSPS) is 13.4. The largest absolute Gasteiger partial charge is 0.244 e. The third-order valence-electron chi connectivity index (χ3n) is 3.39. The van der Waals surface area contributed by atoms with Gasteiger partial charge in [-0.25, -0.2) is 8.42 Å². The third kappa shape index (κ3) is 3.31. The highest BCUT2D eigenvalue weighted by Gasteiger charge is 2.28. The number of benzene rings is 2. The molecule has 1 atom stereocenters. The molecule has 0 aliphatic heterocycles. The number of sulfonamides is 1. The van der Waals surface area contributed by atoms with E-state index >= 15 is 0 Å². The van der Waals surface area contributed by atoms with E-state index in [1.54, 1.807) is 37.4 Å². The van der Waals surface area contributed by atoms with Gasteiger partial charge in [-0.3, -0.25) is 0 Å². The molecule has 0 heterocycles. The Hall–Kier alpha value is -0.880. The Labute approximate surface area is 138 Å². The van der Waals surface area contributed by atoms with Crippen LogP contribution < -0.4 is 0 Å². The van der Waals surface area contributed by atoms with E-state index < -0.39 is 10.0 Å². The van der Waals surface area contributed by atoms with Gasteiger partial charge in [-0.2, -0.15) is 4.31 Å². The monoisotopic (exact) mass is 387 g/mol. The second-order valence-electron chi connectivity index (χ2n) is 4.65. The summed E-state index contributed by atoms with van der Waals surface area (Å²) in [7, 11) is -2.05. The molecular weight excluding hydrogens is 374 g/mol. The first-order valence-corrected chi connectivity index (χ1v) is 8.94. The Balaban J connectivity index is 2.42. The van der Waals surface area contributed by atoms with E-state index in [0.29, 0.717) is 9.50 Å². The van der Waals surface area contributed by atoms with E-state index in [1.807, 2.05) is 25.1 Å².